The zero-order chi connectivity index (χ0) is 14.4. The smallest absolute Gasteiger partial charge is 0.243 e. The maximum atomic E-state index is 4.27. The van der Waals surface area contributed by atoms with Gasteiger partial charge in [-0.1, -0.05) is 32.0 Å². The summed E-state index contributed by atoms with van der Waals surface area (Å²) in [6, 6.07) is 10.2. The van der Waals surface area contributed by atoms with Gasteiger partial charge in [-0.05, 0) is 31.4 Å². The van der Waals surface area contributed by atoms with Gasteiger partial charge in [-0.15, -0.1) is 10.2 Å². The predicted octanol–water partition coefficient (Wildman–Crippen LogP) is 3.46. The molecule has 2 aromatic rings. The minimum absolute atomic E-state index is 0.338. The maximum Gasteiger partial charge on any atom is 0.243 e. The number of nitrogens with zero attached hydrogens (tertiary/aromatic N) is 3. The highest BCUT2D eigenvalue weighted by Crippen LogP contribution is 2.13. The van der Waals surface area contributed by atoms with Crippen molar-refractivity contribution in [3.8, 4) is 0 Å². The number of aromatic nitrogens is 3. The first kappa shape index (κ1) is 14.2. The van der Waals surface area contributed by atoms with E-state index in [1.165, 1.54) is 0 Å². The van der Waals surface area contributed by atoms with Crippen LogP contribution in [0.1, 0.15) is 27.2 Å². The number of hydrogen-bond acceptors (Lipinski definition) is 5. The highest BCUT2D eigenvalue weighted by atomic mass is 15.3. The topological polar surface area (TPSA) is 62.7 Å². The summed E-state index contributed by atoms with van der Waals surface area (Å²) in [5, 5.41) is 14.6. The summed E-state index contributed by atoms with van der Waals surface area (Å²) in [7, 11) is 0. The van der Waals surface area contributed by atoms with Crippen molar-refractivity contribution >= 4 is 17.5 Å². The molecule has 106 valence electrons. The van der Waals surface area contributed by atoms with Crippen LogP contribution in [0.15, 0.2) is 36.5 Å². The molecule has 20 heavy (non-hydrogen) atoms. The van der Waals surface area contributed by atoms with E-state index in [0.29, 0.717) is 23.7 Å². The van der Waals surface area contributed by atoms with E-state index in [2.05, 4.69) is 46.6 Å². The maximum absolute atomic E-state index is 4.27. The molecule has 1 atom stereocenters. The zero-order valence-electron chi connectivity index (χ0n) is 12.2. The average Bonchev–Trinajstić information content (AvgIpc) is 2.41. The molecule has 0 aliphatic rings. The third-order valence-electron chi connectivity index (χ3n) is 2.81. The van der Waals surface area contributed by atoms with Crippen LogP contribution in [0.5, 0.6) is 0 Å². The standard InChI is InChI=1S/C15H21N5/c1-11(2)9-12(3)17-15-16-10-14(19-20-15)18-13-7-5-4-6-8-13/h4-8,10-12H,9H2,1-3H3,(H,18,19)(H,16,17,20). The highest BCUT2D eigenvalue weighted by molar-refractivity contribution is 5.54. The molecule has 0 saturated heterocycles. The molecule has 0 aliphatic heterocycles. The van der Waals surface area contributed by atoms with E-state index < -0.39 is 0 Å². The Kier molecular flexibility index (Phi) is 4.87. The number of hydrogen-bond donors (Lipinski definition) is 2. The van der Waals surface area contributed by atoms with E-state index in [0.717, 1.165) is 12.1 Å². The lowest BCUT2D eigenvalue weighted by atomic mass is 10.1. The van der Waals surface area contributed by atoms with Gasteiger partial charge < -0.3 is 10.6 Å². The van der Waals surface area contributed by atoms with Crippen LogP contribution in [0, 0.1) is 5.92 Å². The molecule has 0 aliphatic carbocycles. The van der Waals surface area contributed by atoms with Gasteiger partial charge in [0.05, 0.1) is 6.20 Å². The summed E-state index contributed by atoms with van der Waals surface area (Å²) in [4.78, 5) is 4.27. The number of anilines is 3. The molecule has 1 aromatic heterocycles. The lowest BCUT2D eigenvalue weighted by Crippen LogP contribution is -2.19. The Morgan fingerprint density at radius 3 is 2.40 bits per heavy atom. The van der Waals surface area contributed by atoms with E-state index in [4.69, 9.17) is 0 Å². The first-order valence-electron chi connectivity index (χ1n) is 6.92. The fraction of sp³-hybridized carbons (Fsp3) is 0.400. The second-order valence-electron chi connectivity index (χ2n) is 5.33. The minimum Gasteiger partial charge on any atom is -0.350 e. The molecule has 0 amide bonds. The van der Waals surface area contributed by atoms with E-state index in [1.807, 2.05) is 30.3 Å². The number of nitrogens with one attached hydrogen (secondary N) is 2. The van der Waals surface area contributed by atoms with Gasteiger partial charge in [0.1, 0.15) is 0 Å². The summed E-state index contributed by atoms with van der Waals surface area (Å²) >= 11 is 0. The lowest BCUT2D eigenvalue weighted by molar-refractivity contribution is 0.537. The van der Waals surface area contributed by atoms with Gasteiger partial charge in [-0.3, -0.25) is 0 Å². The Morgan fingerprint density at radius 1 is 1.05 bits per heavy atom. The average molecular weight is 271 g/mol. The number of para-hydroxylation sites is 1. The van der Waals surface area contributed by atoms with Gasteiger partial charge in [-0.2, -0.15) is 0 Å². The minimum atomic E-state index is 0.338. The molecule has 2 N–H and O–H groups in total. The van der Waals surface area contributed by atoms with Crippen molar-refractivity contribution in [1.82, 2.24) is 15.2 Å². The van der Waals surface area contributed by atoms with Gasteiger partial charge in [0.2, 0.25) is 5.95 Å². The Hall–Kier alpha value is -2.17. The second-order valence-corrected chi connectivity index (χ2v) is 5.33. The third kappa shape index (κ3) is 4.50. The van der Waals surface area contributed by atoms with E-state index >= 15 is 0 Å². The van der Waals surface area contributed by atoms with Crippen molar-refractivity contribution in [1.29, 1.82) is 0 Å². The molecule has 5 heteroatoms. The van der Waals surface area contributed by atoms with Crippen LogP contribution in [0.3, 0.4) is 0 Å². The Balaban J connectivity index is 1.93. The van der Waals surface area contributed by atoms with Crippen molar-refractivity contribution in [3.63, 3.8) is 0 Å². The van der Waals surface area contributed by atoms with E-state index in [-0.39, 0.29) is 0 Å². The van der Waals surface area contributed by atoms with Crippen molar-refractivity contribution in [2.24, 2.45) is 5.92 Å². The Morgan fingerprint density at radius 2 is 1.80 bits per heavy atom. The normalized spacial score (nSPS) is 12.2. The van der Waals surface area contributed by atoms with Crippen LogP contribution < -0.4 is 10.6 Å². The van der Waals surface area contributed by atoms with Crippen molar-refractivity contribution in [2.45, 2.75) is 33.2 Å². The molecule has 0 bridgehead atoms. The van der Waals surface area contributed by atoms with Crippen LogP contribution in [0.4, 0.5) is 17.5 Å². The van der Waals surface area contributed by atoms with Gasteiger partial charge in [0, 0.05) is 11.7 Å². The van der Waals surface area contributed by atoms with E-state index in [9.17, 15) is 0 Å². The van der Waals surface area contributed by atoms with Gasteiger partial charge in [-0.25, -0.2) is 4.98 Å². The van der Waals surface area contributed by atoms with Crippen LogP contribution >= 0.6 is 0 Å². The largest absolute Gasteiger partial charge is 0.350 e. The second kappa shape index (κ2) is 6.84. The van der Waals surface area contributed by atoms with Crippen molar-refractivity contribution < 1.29 is 0 Å². The molecule has 2 rings (SSSR count). The summed E-state index contributed by atoms with van der Waals surface area (Å²) in [5.41, 5.74) is 0.970. The number of benzene rings is 1. The van der Waals surface area contributed by atoms with E-state index in [1.54, 1.807) is 6.20 Å². The Labute approximate surface area is 119 Å². The molecular weight excluding hydrogens is 250 g/mol. The third-order valence-corrected chi connectivity index (χ3v) is 2.81. The first-order valence-corrected chi connectivity index (χ1v) is 6.92. The van der Waals surface area contributed by atoms with Crippen molar-refractivity contribution in [2.75, 3.05) is 10.6 Å². The Bertz CT molecular complexity index is 510. The molecule has 1 unspecified atom stereocenters. The molecule has 1 heterocycles. The SMILES string of the molecule is CC(C)CC(C)Nc1ncc(Nc2ccccc2)nn1. The van der Waals surface area contributed by atoms with Gasteiger partial charge in [0.15, 0.2) is 5.82 Å². The highest BCUT2D eigenvalue weighted by Gasteiger charge is 2.07. The van der Waals surface area contributed by atoms with Crippen LogP contribution in [-0.4, -0.2) is 21.2 Å². The molecule has 0 spiro atoms. The quantitative estimate of drug-likeness (QED) is 0.842. The fourth-order valence-corrected chi connectivity index (χ4v) is 2.05. The van der Waals surface area contributed by atoms with Crippen LogP contribution in [-0.2, 0) is 0 Å². The predicted molar refractivity (Wildman–Crippen MR) is 82.1 cm³/mol. The molecule has 5 nitrogen and oxygen atoms in total. The van der Waals surface area contributed by atoms with Gasteiger partial charge >= 0.3 is 0 Å². The number of rotatable bonds is 6. The molecule has 0 saturated carbocycles. The van der Waals surface area contributed by atoms with Crippen LogP contribution in [0.2, 0.25) is 0 Å². The lowest BCUT2D eigenvalue weighted by Gasteiger charge is -2.15. The molecule has 0 radical (unpaired) electrons. The fourth-order valence-electron chi connectivity index (χ4n) is 2.05. The summed E-state index contributed by atoms with van der Waals surface area (Å²) < 4.78 is 0. The van der Waals surface area contributed by atoms with Gasteiger partial charge in [0.25, 0.3) is 0 Å². The first-order chi connectivity index (χ1) is 9.63. The molecule has 1 aromatic carbocycles. The summed E-state index contributed by atoms with van der Waals surface area (Å²) in [6.45, 7) is 6.52. The van der Waals surface area contributed by atoms with Crippen LogP contribution in [0.25, 0.3) is 0 Å². The molecule has 0 fully saturated rings. The summed E-state index contributed by atoms with van der Waals surface area (Å²) in [5.74, 6) is 1.85. The zero-order valence-corrected chi connectivity index (χ0v) is 12.2. The monoisotopic (exact) mass is 271 g/mol. The van der Waals surface area contributed by atoms with Crippen molar-refractivity contribution in [3.05, 3.63) is 36.5 Å². The summed E-state index contributed by atoms with van der Waals surface area (Å²) in [6.07, 6.45) is 2.76. The molecular formula is C15H21N5.